The normalized spacial score (nSPS) is 14.7. The first kappa shape index (κ1) is 18.9. The largest absolute Gasteiger partial charge is 0.356 e. The number of aromatic nitrogens is 2. The number of amides is 1. The summed E-state index contributed by atoms with van der Waals surface area (Å²) in [7, 11) is 1.75. The number of carbonyl (C=O) groups excluding carboxylic acids is 1. The van der Waals surface area contributed by atoms with Gasteiger partial charge in [-0.15, -0.1) is 0 Å². The number of nitrogens with zero attached hydrogens (tertiary/aromatic N) is 4. The Morgan fingerprint density at radius 2 is 2.11 bits per heavy atom. The minimum atomic E-state index is 0.209. The fourth-order valence-electron chi connectivity index (χ4n) is 3.01. The van der Waals surface area contributed by atoms with Crippen molar-refractivity contribution in [2.75, 3.05) is 25.0 Å². The molecule has 1 aromatic carbocycles. The van der Waals surface area contributed by atoms with E-state index in [1.54, 1.807) is 7.05 Å². The zero-order chi connectivity index (χ0) is 19.1. The van der Waals surface area contributed by atoms with Gasteiger partial charge >= 0.3 is 0 Å². The number of hydrogen-bond donors (Lipinski definition) is 2. The molecule has 1 aliphatic rings. The van der Waals surface area contributed by atoms with Gasteiger partial charge in [0.15, 0.2) is 11.8 Å². The van der Waals surface area contributed by atoms with Crippen molar-refractivity contribution in [2.24, 2.45) is 4.99 Å². The lowest BCUT2D eigenvalue weighted by atomic mass is 10.2. The standard InChI is InChI=1S/C19H26N6O2/c1-14-23-17(27-24-14)5-3-11-21-19(20-2)22-13-15-7-9-16(10-8-15)25-12-4-6-18(25)26/h7-10H,3-6,11-13H2,1-2H3,(H2,20,21,22). The molecule has 0 aliphatic carbocycles. The molecule has 27 heavy (non-hydrogen) atoms. The van der Waals surface area contributed by atoms with Crippen molar-refractivity contribution in [3.8, 4) is 0 Å². The molecule has 8 heteroatoms. The number of guanidine groups is 1. The van der Waals surface area contributed by atoms with Gasteiger partial charge in [-0.25, -0.2) is 0 Å². The van der Waals surface area contributed by atoms with E-state index in [9.17, 15) is 4.79 Å². The second-order valence-corrected chi connectivity index (χ2v) is 6.51. The maximum atomic E-state index is 11.8. The van der Waals surface area contributed by atoms with E-state index in [4.69, 9.17) is 4.52 Å². The fraction of sp³-hybridized carbons (Fsp3) is 0.474. The Balaban J connectivity index is 1.40. The van der Waals surface area contributed by atoms with Crippen LogP contribution in [0.5, 0.6) is 0 Å². The van der Waals surface area contributed by atoms with Gasteiger partial charge in [0.25, 0.3) is 0 Å². The summed E-state index contributed by atoms with van der Waals surface area (Å²) in [4.78, 5) is 22.1. The molecule has 2 N–H and O–H groups in total. The molecular formula is C19H26N6O2. The molecule has 0 bridgehead atoms. The molecule has 1 aromatic heterocycles. The zero-order valence-electron chi connectivity index (χ0n) is 15.9. The van der Waals surface area contributed by atoms with Crippen molar-refractivity contribution in [3.63, 3.8) is 0 Å². The van der Waals surface area contributed by atoms with Crippen molar-refractivity contribution in [2.45, 2.75) is 39.2 Å². The van der Waals surface area contributed by atoms with E-state index in [-0.39, 0.29) is 5.91 Å². The number of carbonyl (C=O) groups is 1. The Morgan fingerprint density at radius 3 is 2.74 bits per heavy atom. The predicted octanol–water partition coefficient (Wildman–Crippen LogP) is 1.80. The van der Waals surface area contributed by atoms with Gasteiger partial charge in [0.05, 0.1) is 0 Å². The van der Waals surface area contributed by atoms with Crippen LogP contribution in [0.2, 0.25) is 0 Å². The first-order valence-electron chi connectivity index (χ1n) is 9.29. The Kier molecular flexibility index (Phi) is 6.40. The van der Waals surface area contributed by atoms with Gasteiger partial charge in [0.1, 0.15) is 0 Å². The zero-order valence-corrected chi connectivity index (χ0v) is 15.9. The van der Waals surface area contributed by atoms with Crippen LogP contribution in [0, 0.1) is 6.92 Å². The minimum Gasteiger partial charge on any atom is -0.356 e. The summed E-state index contributed by atoms with van der Waals surface area (Å²) >= 11 is 0. The van der Waals surface area contributed by atoms with E-state index in [1.165, 1.54) is 0 Å². The number of anilines is 1. The Morgan fingerprint density at radius 1 is 1.30 bits per heavy atom. The molecular weight excluding hydrogens is 344 g/mol. The smallest absolute Gasteiger partial charge is 0.227 e. The summed E-state index contributed by atoms with van der Waals surface area (Å²) in [6.45, 7) is 4.05. The van der Waals surface area contributed by atoms with Crippen molar-refractivity contribution in [1.82, 2.24) is 20.8 Å². The van der Waals surface area contributed by atoms with Crippen LogP contribution in [-0.2, 0) is 17.8 Å². The third-order valence-corrected chi connectivity index (χ3v) is 4.43. The second kappa shape index (κ2) is 9.16. The maximum Gasteiger partial charge on any atom is 0.227 e. The number of aryl methyl sites for hydroxylation is 2. The lowest BCUT2D eigenvalue weighted by molar-refractivity contribution is -0.117. The van der Waals surface area contributed by atoms with Gasteiger partial charge in [0, 0.05) is 45.2 Å². The maximum absolute atomic E-state index is 11.8. The number of aliphatic imine (C=N–C) groups is 1. The monoisotopic (exact) mass is 370 g/mol. The van der Waals surface area contributed by atoms with E-state index in [0.29, 0.717) is 24.7 Å². The topological polar surface area (TPSA) is 95.7 Å². The molecule has 3 rings (SSSR count). The van der Waals surface area contributed by atoms with Crippen LogP contribution in [0.1, 0.15) is 36.5 Å². The van der Waals surface area contributed by atoms with Crippen LogP contribution in [0.15, 0.2) is 33.8 Å². The Labute approximate surface area is 159 Å². The fourth-order valence-corrected chi connectivity index (χ4v) is 3.01. The van der Waals surface area contributed by atoms with Crippen LogP contribution in [-0.4, -0.2) is 42.1 Å². The summed E-state index contributed by atoms with van der Waals surface area (Å²) < 4.78 is 5.10. The molecule has 0 saturated carbocycles. The first-order chi connectivity index (χ1) is 13.2. The van der Waals surface area contributed by atoms with Crippen molar-refractivity contribution in [3.05, 3.63) is 41.5 Å². The van der Waals surface area contributed by atoms with Crippen LogP contribution in [0.25, 0.3) is 0 Å². The molecule has 0 radical (unpaired) electrons. The van der Waals surface area contributed by atoms with E-state index in [1.807, 2.05) is 36.1 Å². The summed E-state index contributed by atoms with van der Waals surface area (Å²) in [5, 5.41) is 10.3. The number of hydrogen-bond acceptors (Lipinski definition) is 5. The van der Waals surface area contributed by atoms with E-state index < -0.39 is 0 Å². The SMILES string of the molecule is CN=C(NCCCc1nc(C)no1)NCc1ccc(N2CCCC2=O)cc1. The van der Waals surface area contributed by atoms with Gasteiger partial charge < -0.3 is 20.1 Å². The first-order valence-corrected chi connectivity index (χ1v) is 9.29. The number of benzene rings is 1. The Bertz CT molecular complexity index is 784. The van der Waals surface area contributed by atoms with Crippen LogP contribution >= 0.6 is 0 Å². The lowest BCUT2D eigenvalue weighted by Gasteiger charge is -2.16. The second-order valence-electron chi connectivity index (χ2n) is 6.51. The molecule has 8 nitrogen and oxygen atoms in total. The number of rotatable bonds is 7. The van der Waals surface area contributed by atoms with Crippen molar-refractivity contribution < 1.29 is 9.32 Å². The molecule has 1 fully saturated rings. The van der Waals surface area contributed by atoms with Gasteiger partial charge in [0.2, 0.25) is 11.8 Å². The highest BCUT2D eigenvalue weighted by Crippen LogP contribution is 2.21. The predicted molar refractivity (Wildman–Crippen MR) is 104 cm³/mol. The Hall–Kier alpha value is -2.90. The molecule has 144 valence electrons. The summed E-state index contributed by atoms with van der Waals surface area (Å²) in [6, 6.07) is 8.09. The van der Waals surface area contributed by atoms with Gasteiger partial charge in [-0.3, -0.25) is 9.79 Å². The van der Waals surface area contributed by atoms with Crippen molar-refractivity contribution >= 4 is 17.6 Å². The van der Waals surface area contributed by atoms with Crippen molar-refractivity contribution in [1.29, 1.82) is 0 Å². The molecule has 1 amide bonds. The highest BCUT2D eigenvalue weighted by atomic mass is 16.5. The quantitative estimate of drug-likeness (QED) is 0.438. The molecule has 0 spiro atoms. The third-order valence-electron chi connectivity index (χ3n) is 4.43. The number of nitrogens with one attached hydrogen (secondary N) is 2. The average molecular weight is 370 g/mol. The van der Waals surface area contributed by atoms with E-state index >= 15 is 0 Å². The lowest BCUT2D eigenvalue weighted by Crippen LogP contribution is -2.37. The third kappa shape index (κ3) is 5.29. The molecule has 1 aliphatic heterocycles. The molecule has 1 saturated heterocycles. The molecule has 0 unspecified atom stereocenters. The summed E-state index contributed by atoms with van der Waals surface area (Å²) in [5.74, 6) is 2.28. The van der Waals surface area contributed by atoms with Gasteiger partial charge in [-0.2, -0.15) is 4.98 Å². The van der Waals surface area contributed by atoms with Crippen LogP contribution in [0.3, 0.4) is 0 Å². The average Bonchev–Trinajstić information content (AvgIpc) is 3.29. The summed E-state index contributed by atoms with van der Waals surface area (Å²) in [6.07, 6.45) is 3.20. The molecule has 2 heterocycles. The highest BCUT2D eigenvalue weighted by molar-refractivity contribution is 5.95. The van der Waals surface area contributed by atoms with E-state index in [0.717, 1.165) is 49.6 Å². The summed E-state index contributed by atoms with van der Waals surface area (Å²) in [5.41, 5.74) is 2.11. The van der Waals surface area contributed by atoms with Gasteiger partial charge in [-0.05, 0) is 37.5 Å². The van der Waals surface area contributed by atoms with Crippen LogP contribution < -0.4 is 15.5 Å². The molecule has 2 aromatic rings. The van der Waals surface area contributed by atoms with E-state index in [2.05, 4.69) is 25.8 Å². The molecule has 0 atom stereocenters. The minimum absolute atomic E-state index is 0.209. The van der Waals surface area contributed by atoms with Gasteiger partial charge in [-0.1, -0.05) is 17.3 Å². The van der Waals surface area contributed by atoms with Crippen LogP contribution in [0.4, 0.5) is 5.69 Å². The highest BCUT2D eigenvalue weighted by Gasteiger charge is 2.21.